The SMILES string of the molecule is CCN(CC)c1ccc(/C=C/C(=O)c2ccc3[nH]c(=O)[nH]c3c2)cc1. The maximum absolute atomic E-state index is 12.3. The number of nitrogens with zero attached hydrogens (tertiary/aromatic N) is 1. The van der Waals surface area contributed by atoms with Gasteiger partial charge in [-0.05, 0) is 55.8 Å². The molecule has 3 aromatic rings. The molecule has 1 heterocycles. The van der Waals surface area contributed by atoms with Crippen LogP contribution in [0.2, 0.25) is 0 Å². The van der Waals surface area contributed by atoms with E-state index in [1.54, 1.807) is 30.4 Å². The van der Waals surface area contributed by atoms with Gasteiger partial charge >= 0.3 is 5.69 Å². The maximum atomic E-state index is 12.3. The molecule has 128 valence electrons. The molecule has 0 amide bonds. The number of allylic oxidation sites excluding steroid dienone is 1. The molecule has 0 spiro atoms. The summed E-state index contributed by atoms with van der Waals surface area (Å²) in [6, 6.07) is 13.3. The zero-order valence-corrected chi connectivity index (χ0v) is 14.4. The Morgan fingerprint density at radius 1 is 1.00 bits per heavy atom. The van der Waals surface area contributed by atoms with Crippen molar-refractivity contribution >= 4 is 28.6 Å². The lowest BCUT2D eigenvalue weighted by Crippen LogP contribution is -2.21. The standard InChI is InChI=1S/C20H21N3O2/c1-3-23(4-2)16-9-5-14(6-10-16)7-12-19(24)15-8-11-17-18(13-15)22-20(25)21-17/h5-13H,3-4H2,1-2H3,(H2,21,22,25)/b12-7+. The molecule has 0 aliphatic heterocycles. The Bertz CT molecular complexity index is 961. The highest BCUT2D eigenvalue weighted by Gasteiger charge is 2.05. The summed E-state index contributed by atoms with van der Waals surface area (Å²) in [6.07, 6.45) is 3.36. The third-order valence-corrected chi connectivity index (χ3v) is 4.25. The smallest absolute Gasteiger partial charge is 0.323 e. The first-order valence-electron chi connectivity index (χ1n) is 8.40. The van der Waals surface area contributed by atoms with Crippen LogP contribution >= 0.6 is 0 Å². The van der Waals surface area contributed by atoms with Crippen LogP contribution in [-0.2, 0) is 0 Å². The van der Waals surface area contributed by atoms with Crippen LogP contribution in [0, 0.1) is 0 Å². The molecule has 2 N–H and O–H groups in total. The summed E-state index contributed by atoms with van der Waals surface area (Å²) in [5.74, 6) is -0.100. The van der Waals surface area contributed by atoms with Crippen molar-refractivity contribution in [1.29, 1.82) is 0 Å². The number of anilines is 1. The van der Waals surface area contributed by atoms with Crippen LogP contribution in [-0.4, -0.2) is 28.8 Å². The number of hydrogen-bond acceptors (Lipinski definition) is 3. The fourth-order valence-corrected chi connectivity index (χ4v) is 2.84. The summed E-state index contributed by atoms with van der Waals surface area (Å²) in [5, 5.41) is 0. The van der Waals surface area contributed by atoms with Crippen molar-refractivity contribution in [2.45, 2.75) is 13.8 Å². The van der Waals surface area contributed by atoms with Gasteiger partial charge in [-0.1, -0.05) is 18.2 Å². The maximum Gasteiger partial charge on any atom is 0.323 e. The van der Waals surface area contributed by atoms with Crippen LogP contribution < -0.4 is 10.6 Å². The summed E-state index contributed by atoms with van der Waals surface area (Å²) >= 11 is 0. The van der Waals surface area contributed by atoms with E-state index in [9.17, 15) is 9.59 Å². The van der Waals surface area contributed by atoms with Crippen LogP contribution in [0.3, 0.4) is 0 Å². The van der Waals surface area contributed by atoms with Gasteiger partial charge < -0.3 is 14.9 Å². The number of aromatic amines is 2. The third kappa shape index (κ3) is 3.71. The van der Waals surface area contributed by atoms with Crippen LogP contribution in [0.4, 0.5) is 5.69 Å². The van der Waals surface area contributed by atoms with E-state index in [1.807, 2.05) is 12.1 Å². The number of hydrogen-bond donors (Lipinski definition) is 2. The van der Waals surface area contributed by atoms with Crippen molar-refractivity contribution in [3.05, 3.63) is 70.2 Å². The average molecular weight is 335 g/mol. The fourth-order valence-electron chi connectivity index (χ4n) is 2.84. The second kappa shape index (κ2) is 7.21. The molecular weight excluding hydrogens is 314 g/mol. The first-order chi connectivity index (χ1) is 12.1. The van der Waals surface area contributed by atoms with Crippen molar-refractivity contribution < 1.29 is 4.79 Å². The van der Waals surface area contributed by atoms with Gasteiger partial charge in [0.1, 0.15) is 0 Å². The first-order valence-corrected chi connectivity index (χ1v) is 8.40. The van der Waals surface area contributed by atoms with E-state index < -0.39 is 0 Å². The molecule has 0 fully saturated rings. The summed E-state index contributed by atoms with van der Waals surface area (Å²) in [6.45, 7) is 6.19. The second-order valence-corrected chi connectivity index (χ2v) is 5.80. The van der Waals surface area contributed by atoms with Crippen molar-refractivity contribution in [1.82, 2.24) is 9.97 Å². The van der Waals surface area contributed by atoms with Gasteiger partial charge in [0, 0.05) is 24.3 Å². The molecule has 25 heavy (non-hydrogen) atoms. The molecule has 0 unspecified atom stereocenters. The lowest BCUT2D eigenvalue weighted by molar-refractivity contribution is 0.104. The minimum absolute atomic E-state index is 0.100. The molecule has 2 aromatic carbocycles. The normalized spacial score (nSPS) is 11.3. The number of nitrogens with one attached hydrogen (secondary N) is 2. The summed E-state index contributed by atoms with van der Waals surface area (Å²) in [7, 11) is 0. The monoisotopic (exact) mass is 335 g/mol. The van der Waals surface area contributed by atoms with Gasteiger partial charge in [0.15, 0.2) is 5.78 Å². The van der Waals surface area contributed by atoms with Gasteiger partial charge in [0.25, 0.3) is 0 Å². The largest absolute Gasteiger partial charge is 0.372 e. The Hall–Kier alpha value is -3.08. The zero-order chi connectivity index (χ0) is 17.8. The predicted octanol–water partition coefficient (Wildman–Crippen LogP) is 3.60. The van der Waals surface area contributed by atoms with Crippen LogP contribution in [0.25, 0.3) is 17.1 Å². The minimum Gasteiger partial charge on any atom is -0.372 e. The number of imidazole rings is 1. The first kappa shape index (κ1) is 16.8. The Balaban J connectivity index is 1.75. The molecule has 0 radical (unpaired) electrons. The van der Waals surface area contributed by atoms with E-state index >= 15 is 0 Å². The van der Waals surface area contributed by atoms with Gasteiger partial charge in [-0.25, -0.2) is 4.79 Å². The number of benzene rings is 2. The number of ketones is 1. The molecule has 0 saturated carbocycles. The van der Waals surface area contributed by atoms with E-state index in [0.29, 0.717) is 16.6 Å². The zero-order valence-electron chi connectivity index (χ0n) is 14.4. The molecule has 5 heteroatoms. The predicted molar refractivity (Wildman–Crippen MR) is 102 cm³/mol. The van der Waals surface area contributed by atoms with Crippen molar-refractivity contribution in [2.24, 2.45) is 0 Å². The van der Waals surface area contributed by atoms with Crippen LogP contribution in [0.1, 0.15) is 29.8 Å². The molecule has 1 aromatic heterocycles. The highest BCUT2D eigenvalue weighted by atomic mass is 16.1. The van der Waals surface area contributed by atoms with Crippen molar-refractivity contribution in [2.75, 3.05) is 18.0 Å². The fraction of sp³-hybridized carbons (Fsp3) is 0.200. The highest BCUT2D eigenvalue weighted by molar-refractivity contribution is 6.08. The van der Waals surface area contributed by atoms with E-state index in [1.165, 1.54) is 5.69 Å². The molecule has 3 rings (SSSR count). The molecule has 0 aliphatic carbocycles. The summed E-state index contributed by atoms with van der Waals surface area (Å²) in [4.78, 5) is 31.2. The van der Waals surface area contributed by atoms with E-state index in [2.05, 4.69) is 40.8 Å². The lowest BCUT2D eigenvalue weighted by Gasteiger charge is -2.20. The second-order valence-electron chi connectivity index (χ2n) is 5.80. The topological polar surface area (TPSA) is 69.0 Å². The van der Waals surface area contributed by atoms with E-state index in [0.717, 1.165) is 18.7 Å². The number of H-pyrrole nitrogens is 2. The van der Waals surface area contributed by atoms with Gasteiger partial charge in [0.05, 0.1) is 11.0 Å². The van der Waals surface area contributed by atoms with Gasteiger partial charge in [-0.15, -0.1) is 0 Å². The van der Waals surface area contributed by atoms with E-state index in [-0.39, 0.29) is 11.5 Å². The molecule has 0 aliphatic rings. The molecule has 0 atom stereocenters. The highest BCUT2D eigenvalue weighted by Crippen LogP contribution is 2.16. The Kier molecular flexibility index (Phi) is 4.84. The quantitative estimate of drug-likeness (QED) is 0.534. The molecular formula is C20H21N3O2. The Morgan fingerprint density at radius 2 is 1.68 bits per heavy atom. The number of rotatable bonds is 6. The van der Waals surface area contributed by atoms with Crippen molar-refractivity contribution in [3.8, 4) is 0 Å². The van der Waals surface area contributed by atoms with Crippen molar-refractivity contribution in [3.63, 3.8) is 0 Å². The number of fused-ring (bicyclic) bond motifs is 1. The lowest BCUT2D eigenvalue weighted by atomic mass is 10.1. The van der Waals surface area contributed by atoms with Gasteiger partial charge in [-0.3, -0.25) is 4.79 Å². The molecule has 0 saturated heterocycles. The van der Waals surface area contributed by atoms with Gasteiger partial charge in [0.2, 0.25) is 0 Å². The van der Waals surface area contributed by atoms with Gasteiger partial charge in [-0.2, -0.15) is 0 Å². The number of carbonyl (C=O) groups is 1. The number of aromatic nitrogens is 2. The summed E-state index contributed by atoms with van der Waals surface area (Å²) < 4.78 is 0. The Morgan fingerprint density at radius 3 is 2.36 bits per heavy atom. The van der Waals surface area contributed by atoms with E-state index in [4.69, 9.17) is 0 Å². The number of carbonyl (C=O) groups excluding carboxylic acids is 1. The summed E-state index contributed by atoms with van der Waals surface area (Å²) in [5.41, 5.74) is 3.74. The molecule has 0 bridgehead atoms. The minimum atomic E-state index is -0.275. The Labute approximate surface area is 146 Å². The average Bonchev–Trinajstić information content (AvgIpc) is 3.01. The van der Waals surface area contributed by atoms with Crippen LogP contribution in [0.15, 0.2) is 53.3 Å². The van der Waals surface area contributed by atoms with Crippen LogP contribution in [0.5, 0.6) is 0 Å². The molecule has 5 nitrogen and oxygen atoms in total. The third-order valence-electron chi connectivity index (χ3n) is 4.25.